The largest absolute Gasteiger partial charge is 0.348 e. The molecule has 0 aliphatic carbocycles. The molecule has 0 radical (unpaired) electrons. The third-order valence-electron chi connectivity index (χ3n) is 4.79. The molecule has 0 saturated carbocycles. The molecular weight excluding hydrogens is 448 g/mol. The molecule has 2 aromatic heterocycles. The summed E-state index contributed by atoms with van der Waals surface area (Å²) in [4.78, 5) is 29.3. The topological polar surface area (TPSA) is 90.0 Å². The third-order valence-corrected chi connectivity index (χ3v) is 5.32. The number of halogens is 1. The summed E-state index contributed by atoms with van der Waals surface area (Å²) in [6.45, 7) is 2.27. The first kappa shape index (κ1) is 20.0. The SMILES string of the molecule is CCc1ccc(-c2noc3c(=O)n(CCC(=O)Nc4ccc(Br)cc4)cnc23)cc1. The Bertz CT molecular complexity index is 1240. The highest BCUT2D eigenvalue weighted by Gasteiger charge is 2.16. The van der Waals surface area contributed by atoms with Gasteiger partial charge in [-0.15, -0.1) is 0 Å². The van der Waals surface area contributed by atoms with Crippen LogP contribution in [0.5, 0.6) is 0 Å². The van der Waals surface area contributed by atoms with Gasteiger partial charge in [0.05, 0.1) is 6.33 Å². The van der Waals surface area contributed by atoms with Gasteiger partial charge < -0.3 is 9.84 Å². The molecule has 0 aliphatic heterocycles. The van der Waals surface area contributed by atoms with Crippen molar-refractivity contribution in [1.82, 2.24) is 14.7 Å². The zero-order valence-corrected chi connectivity index (χ0v) is 17.8. The molecule has 7 nitrogen and oxygen atoms in total. The molecular formula is C22H19BrN4O3. The van der Waals surface area contributed by atoms with Crippen LogP contribution in [0, 0.1) is 0 Å². The average Bonchev–Trinajstić information content (AvgIpc) is 3.20. The minimum absolute atomic E-state index is 0.0837. The molecule has 152 valence electrons. The Kier molecular flexibility index (Phi) is 5.76. The Labute approximate surface area is 180 Å². The number of anilines is 1. The second-order valence-corrected chi connectivity index (χ2v) is 7.72. The fourth-order valence-electron chi connectivity index (χ4n) is 3.08. The van der Waals surface area contributed by atoms with Crippen molar-refractivity contribution in [2.75, 3.05) is 5.32 Å². The normalized spacial score (nSPS) is 11.0. The third kappa shape index (κ3) is 4.18. The number of benzene rings is 2. The van der Waals surface area contributed by atoms with E-state index in [-0.39, 0.29) is 30.0 Å². The highest BCUT2D eigenvalue weighted by Crippen LogP contribution is 2.25. The van der Waals surface area contributed by atoms with Gasteiger partial charge in [-0.1, -0.05) is 52.3 Å². The van der Waals surface area contributed by atoms with Crippen molar-refractivity contribution in [3.05, 3.63) is 75.2 Å². The van der Waals surface area contributed by atoms with Gasteiger partial charge in [0.2, 0.25) is 5.91 Å². The zero-order valence-electron chi connectivity index (χ0n) is 16.3. The molecule has 1 N–H and O–H groups in total. The lowest BCUT2D eigenvalue weighted by molar-refractivity contribution is -0.116. The van der Waals surface area contributed by atoms with E-state index in [1.807, 2.05) is 36.4 Å². The smallest absolute Gasteiger partial charge is 0.299 e. The summed E-state index contributed by atoms with van der Waals surface area (Å²) >= 11 is 3.35. The van der Waals surface area contributed by atoms with Crippen molar-refractivity contribution in [2.24, 2.45) is 0 Å². The van der Waals surface area contributed by atoms with Gasteiger partial charge in [-0.05, 0) is 36.2 Å². The number of nitrogens with zero attached hydrogens (tertiary/aromatic N) is 3. The highest BCUT2D eigenvalue weighted by atomic mass is 79.9. The number of amides is 1. The number of carbonyl (C=O) groups excluding carboxylic acids is 1. The molecule has 4 aromatic rings. The van der Waals surface area contributed by atoms with Gasteiger partial charge in [-0.3, -0.25) is 14.2 Å². The summed E-state index contributed by atoms with van der Waals surface area (Å²) in [7, 11) is 0. The first-order valence-electron chi connectivity index (χ1n) is 9.54. The molecule has 4 rings (SSSR count). The van der Waals surface area contributed by atoms with Crippen molar-refractivity contribution in [1.29, 1.82) is 0 Å². The number of rotatable bonds is 6. The van der Waals surface area contributed by atoms with Crippen LogP contribution in [-0.4, -0.2) is 20.6 Å². The monoisotopic (exact) mass is 466 g/mol. The Morgan fingerprint density at radius 3 is 2.57 bits per heavy atom. The molecule has 0 saturated heterocycles. The first-order valence-corrected chi connectivity index (χ1v) is 10.3. The van der Waals surface area contributed by atoms with E-state index in [2.05, 4.69) is 38.3 Å². The van der Waals surface area contributed by atoms with E-state index in [4.69, 9.17) is 4.52 Å². The molecule has 0 spiro atoms. The number of fused-ring (bicyclic) bond motifs is 1. The maximum absolute atomic E-state index is 12.7. The van der Waals surface area contributed by atoms with Crippen molar-refractivity contribution >= 4 is 38.6 Å². The second-order valence-electron chi connectivity index (χ2n) is 6.81. The number of nitrogens with one attached hydrogen (secondary N) is 1. The Balaban J connectivity index is 1.50. The van der Waals surface area contributed by atoms with Crippen LogP contribution in [0.25, 0.3) is 22.4 Å². The van der Waals surface area contributed by atoms with Crippen LogP contribution in [0.4, 0.5) is 5.69 Å². The van der Waals surface area contributed by atoms with Gasteiger partial charge in [0.15, 0.2) is 0 Å². The van der Waals surface area contributed by atoms with Gasteiger partial charge in [0, 0.05) is 28.7 Å². The Morgan fingerprint density at radius 2 is 1.87 bits per heavy atom. The van der Waals surface area contributed by atoms with E-state index < -0.39 is 0 Å². The second kappa shape index (κ2) is 8.62. The van der Waals surface area contributed by atoms with E-state index in [0.717, 1.165) is 16.5 Å². The van der Waals surface area contributed by atoms with Gasteiger partial charge in [0.25, 0.3) is 11.1 Å². The molecule has 0 bridgehead atoms. The van der Waals surface area contributed by atoms with Crippen LogP contribution in [0.2, 0.25) is 0 Å². The van der Waals surface area contributed by atoms with Crippen LogP contribution >= 0.6 is 15.9 Å². The van der Waals surface area contributed by atoms with Crippen LogP contribution in [-0.2, 0) is 17.8 Å². The van der Waals surface area contributed by atoms with Gasteiger partial charge in [-0.2, -0.15) is 0 Å². The van der Waals surface area contributed by atoms with Gasteiger partial charge in [-0.25, -0.2) is 4.98 Å². The van der Waals surface area contributed by atoms with Crippen molar-refractivity contribution in [2.45, 2.75) is 26.3 Å². The quantitative estimate of drug-likeness (QED) is 0.454. The van der Waals surface area contributed by atoms with Crippen LogP contribution in [0.15, 0.2) is 68.6 Å². The van der Waals surface area contributed by atoms with Crippen LogP contribution in [0.1, 0.15) is 18.9 Å². The molecule has 0 aliphatic rings. The predicted octanol–water partition coefficient (Wildman–Crippen LogP) is 4.41. The molecule has 8 heteroatoms. The maximum atomic E-state index is 12.7. The summed E-state index contributed by atoms with van der Waals surface area (Å²) in [6, 6.07) is 15.2. The molecule has 0 unspecified atom stereocenters. The van der Waals surface area contributed by atoms with Gasteiger partial charge >= 0.3 is 0 Å². The fraction of sp³-hybridized carbons (Fsp3) is 0.182. The number of hydrogen-bond acceptors (Lipinski definition) is 5. The lowest BCUT2D eigenvalue weighted by Crippen LogP contribution is -2.23. The maximum Gasteiger partial charge on any atom is 0.299 e. The molecule has 1 amide bonds. The van der Waals surface area contributed by atoms with Crippen molar-refractivity contribution in [3.63, 3.8) is 0 Å². The molecule has 0 atom stereocenters. The lowest BCUT2D eigenvalue weighted by atomic mass is 10.1. The fourth-order valence-corrected chi connectivity index (χ4v) is 3.35. The van der Waals surface area contributed by atoms with Gasteiger partial charge in [0.1, 0.15) is 11.2 Å². The summed E-state index contributed by atoms with van der Waals surface area (Å²) in [5, 5.41) is 6.85. The summed E-state index contributed by atoms with van der Waals surface area (Å²) in [5.74, 6) is -0.196. The van der Waals surface area contributed by atoms with Crippen LogP contribution < -0.4 is 10.9 Å². The number of aryl methyl sites for hydroxylation is 2. The number of aromatic nitrogens is 3. The highest BCUT2D eigenvalue weighted by molar-refractivity contribution is 9.10. The molecule has 2 heterocycles. The minimum atomic E-state index is -0.361. The Hall–Kier alpha value is -3.26. The molecule has 2 aromatic carbocycles. The van der Waals surface area contributed by atoms with Crippen LogP contribution in [0.3, 0.4) is 0 Å². The first-order chi connectivity index (χ1) is 14.5. The van der Waals surface area contributed by atoms with E-state index in [1.54, 1.807) is 12.1 Å². The standard InChI is InChI=1S/C22H19BrN4O3/c1-2-14-3-5-15(6-4-14)19-20-21(30-26-19)22(29)27(13-24-20)12-11-18(28)25-17-9-7-16(23)8-10-17/h3-10,13H,2,11-12H2,1H3,(H,25,28). The van der Waals surface area contributed by atoms with E-state index in [1.165, 1.54) is 16.5 Å². The average molecular weight is 467 g/mol. The molecule has 0 fully saturated rings. The van der Waals surface area contributed by atoms with E-state index in [9.17, 15) is 9.59 Å². The molecule has 30 heavy (non-hydrogen) atoms. The van der Waals surface area contributed by atoms with E-state index >= 15 is 0 Å². The van der Waals surface area contributed by atoms with E-state index in [0.29, 0.717) is 16.9 Å². The van der Waals surface area contributed by atoms with Crippen molar-refractivity contribution < 1.29 is 9.32 Å². The lowest BCUT2D eigenvalue weighted by Gasteiger charge is -2.07. The minimum Gasteiger partial charge on any atom is -0.348 e. The Morgan fingerprint density at radius 1 is 1.13 bits per heavy atom. The van der Waals surface area contributed by atoms with Crippen molar-refractivity contribution in [3.8, 4) is 11.3 Å². The summed E-state index contributed by atoms with van der Waals surface area (Å²) < 4.78 is 7.58. The summed E-state index contributed by atoms with van der Waals surface area (Å²) in [6.07, 6.45) is 2.50. The number of hydrogen-bond donors (Lipinski definition) is 1. The number of carbonyl (C=O) groups is 1. The predicted molar refractivity (Wildman–Crippen MR) is 118 cm³/mol. The zero-order chi connectivity index (χ0) is 21.1. The summed E-state index contributed by atoms with van der Waals surface area (Å²) in [5.41, 5.74) is 3.41.